The van der Waals surface area contributed by atoms with Gasteiger partial charge in [-0.3, -0.25) is 5.32 Å². The third kappa shape index (κ3) is 7.59. The second kappa shape index (κ2) is 11.0. The minimum atomic E-state index is -0.484. The number of anilines is 1. The Kier molecular flexibility index (Phi) is 9.09. The maximum absolute atomic E-state index is 11.2. The van der Waals surface area contributed by atoms with Crippen LogP contribution in [0.4, 0.5) is 10.5 Å². The molecule has 0 saturated heterocycles. The van der Waals surface area contributed by atoms with E-state index < -0.39 is 6.09 Å². The van der Waals surface area contributed by atoms with Crippen molar-refractivity contribution in [2.45, 2.75) is 51.9 Å². The number of benzene rings is 1. The molecule has 0 aliphatic heterocycles. The number of amides is 1. The summed E-state index contributed by atoms with van der Waals surface area (Å²) >= 11 is 0. The minimum absolute atomic E-state index is 0.484. The van der Waals surface area contributed by atoms with Gasteiger partial charge in [-0.1, -0.05) is 57.6 Å². The summed E-state index contributed by atoms with van der Waals surface area (Å²) < 4.78 is 10.3. The Labute approximate surface area is 127 Å². The van der Waals surface area contributed by atoms with Crippen LogP contribution < -0.4 is 10.1 Å². The predicted octanol–water partition coefficient (Wildman–Crippen LogP) is 4.99. The van der Waals surface area contributed by atoms with E-state index in [-0.39, 0.29) is 0 Å². The summed E-state index contributed by atoms with van der Waals surface area (Å²) in [5.41, 5.74) is 0.646. The molecule has 0 fully saturated rings. The highest BCUT2D eigenvalue weighted by Crippen LogP contribution is 2.24. The van der Waals surface area contributed by atoms with Crippen molar-refractivity contribution < 1.29 is 14.3 Å². The fourth-order valence-electron chi connectivity index (χ4n) is 2.10. The number of para-hydroxylation sites is 2. The molecule has 4 heteroatoms. The summed E-state index contributed by atoms with van der Waals surface area (Å²) in [6.45, 7) is 2.90. The largest absolute Gasteiger partial charge is 0.491 e. The molecule has 0 saturated carbocycles. The molecular formula is C17H27NO3. The standard InChI is InChI=1S/C17H27NO3/c1-3-4-5-6-7-8-11-14-21-16-13-10-9-12-15(16)18-17(19)20-2/h9-10,12-13H,3-8,11,14H2,1-2H3,(H,18,19). The lowest BCUT2D eigenvalue weighted by atomic mass is 10.1. The zero-order valence-electron chi connectivity index (χ0n) is 13.2. The molecule has 0 aromatic heterocycles. The Balaban J connectivity index is 2.24. The van der Waals surface area contributed by atoms with Gasteiger partial charge in [0.2, 0.25) is 0 Å². The molecule has 0 atom stereocenters. The molecule has 0 radical (unpaired) electrons. The summed E-state index contributed by atoms with van der Waals surface area (Å²) in [6, 6.07) is 7.40. The van der Waals surface area contributed by atoms with E-state index in [1.54, 1.807) is 6.07 Å². The van der Waals surface area contributed by atoms with Gasteiger partial charge in [0.15, 0.2) is 0 Å². The van der Waals surface area contributed by atoms with E-state index in [4.69, 9.17) is 4.74 Å². The number of methoxy groups -OCH3 is 1. The van der Waals surface area contributed by atoms with Crippen molar-refractivity contribution in [3.05, 3.63) is 24.3 Å². The van der Waals surface area contributed by atoms with E-state index in [2.05, 4.69) is 17.0 Å². The van der Waals surface area contributed by atoms with Crippen LogP contribution in [0.1, 0.15) is 51.9 Å². The van der Waals surface area contributed by atoms with Crippen LogP contribution in [-0.4, -0.2) is 19.8 Å². The Morgan fingerprint density at radius 3 is 2.43 bits per heavy atom. The van der Waals surface area contributed by atoms with Gasteiger partial charge >= 0.3 is 6.09 Å². The van der Waals surface area contributed by atoms with Crippen LogP contribution in [0, 0.1) is 0 Å². The number of hydrogen-bond donors (Lipinski definition) is 1. The Hall–Kier alpha value is -1.71. The van der Waals surface area contributed by atoms with Gasteiger partial charge in [-0.25, -0.2) is 4.79 Å². The van der Waals surface area contributed by atoms with Crippen molar-refractivity contribution in [2.24, 2.45) is 0 Å². The third-order valence-corrected chi connectivity index (χ3v) is 3.31. The maximum Gasteiger partial charge on any atom is 0.411 e. The van der Waals surface area contributed by atoms with Crippen LogP contribution in [0.3, 0.4) is 0 Å². The second-order valence-electron chi connectivity index (χ2n) is 5.08. The van der Waals surface area contributed by atoms with Crippen molar-refractivity contribution >= 4 is 11.8 Å². The van der Waals surface area contributed by atoms with Crippen LogP contribution in [0.5, 0.6) is 5.75 Å². The van der Waals surface area contributed by atoms with E-state index in [9.17, 15) is 4.79 Å². The van der Waals surface area contributed by atoms with Gasteiger partial charge in [0.25, 0.3) is 0 Å². The minimum Gasteiger partial charge on any atom is -0.491 e. The van der Waals surface area contributed by atoms with Crippen LogP contribution in [0.15, 0.2) is 24.3 Å². The van der Waals surface area contributed by atoms with Gasteiger partial charge in [0, 0.05) is 0 Å². The molecule has 1 rings (SSSR count). The lowest BCUT2D eigenvalue weighted by molar-refractivity contribution is 0.186. The molecule has 1 aromatic carbocycles. The molecule has 0 unspecified atom stereocenters. The van der Waals surface area contributed by atoms with E-state index in [0.29, 0.717) is 18.0 Å². The van der Waals surface area contributed by atoms with Gasteiger partial charge < -0.3 is 9.47 Å². The number of hydrogen-bond acceptors (Lipinski definition) is 3. The molecule has 0 aliphatic carbocycles. The second-order valence-corrected chi connectivity index (χ2v) is 5.08. The smallest absolute Gasteiger partial charge is 0.411 e. The number of carbonyl (C=O) groups excluding carboxylic acids is 1. The Morgan fingerprint density at radius 2 is 1.71 bits per heavy atom. The first-order chi connectivity index (χ1) is 10.3. The Morgan fingerprint density at radius 1 is 1.05 bits per heavy atom. The summed E-state index contributed by atoms with van der Waals surface area (Å²) in [5, 5.41) is 2.65. The van der Waals surface area contributed by atoms with E-state index in [1.807, 2.05) is 18.2 Å². The molecule has 0 heterocycles. The molecule has 0 bridgehead atoms. The van der Waals surface area contributed by atoms with E-state index >= 15 is 0 Å². The highest BCUT2D eigenvalue weighted by Gasteiger charge is 2.06. The zero-order chi connectivity index (χ0) is 15.3. The first kappa shape index (κ1) is 17.3. The lowest BCUT2D eigenvalue weighted by Gasteiger charge is -2.11. The van der Waals surface area contributed by atoms with Gasteiger partial charge in [-0.05, 0) is 18.6 Å². The summed E-state index contributed by atoms with van der Waals surface area (Å²) in [5.74, 6) is 0.689. The summed E-state index contributed by atoms with van der Waals surface area (Å²) in [6.07, 6.45) is 8.29. The normalized spacial score (nSPS) is 10.2. The van der Waals surface area contributed by atoms with Crippen molar-refractivity contribution in [3.8, 4) is 5.75 Å². The number of nitrogens with one attached hydrogen (secondary N) is 1. The number of rotatable bonds is 10. The van der Waals surface area contributed by atoms with Crippen LogP contribution in [0.25, 0.3) is 0 Å². The third-order valence-electron chi connectivity index (χ3n) is 3.31. The number of carbonyl (C=O) groups is 1. The maximum atomic E-state index is 11.2. The summed E-state index contributed by atoms with van der Waals surface area (Å²) in [4.78, 5) is 11.2. The zero-order valence-corrected chi connectivity index (χ0v) is 13.2. The number of ether oxygens (including phenoxy) is 2. The molecule has 1 aromatic rings. The molecule has 1 amide bonds. The lowest BCUT2D eigenvalue weighted by Crippen LogP contribution is -2.12. The van der Waals surface area contributed by atoms with Gasteiger partial charge in [0.1, 0.15) is 5.75 Å². The fraction of sp³-hybridized carbons (Fsp3) is 0.588. The predicted molar refractivity (Wildman–Crippen MR) is 86.0 cm³/mol. The van der Waals surface area contributed by atoms with Gasteiger partial charge in [0.05, 0.1) is 19.4 Å². The van der Waals surface area contributed by atoms with Crippen LogP contribution in [0.2, 0.25) is 0 Å². The van der Waals surface area contributed by atoms with Gasteiger partial charge in [-0.2, -0.15) is 0 Å². The highest BCUT2D eigenvalue weighted by molar-refractivity contribution is 5.86. The first-order valence-electron chi connectivity index (χ1n) is 7.84. The molecule has 0 spiro atoms. The van der Waals surface area contributed by atoms with Gasteiger partial charge in [-0.15, -0.1) is 0 Å². The van der Waals surface area contributed by atoms with Crippen LogP contribution in [-0.2, 0) is 4.74 Å². The average Bonchev–Trinajstić information content (AvgIpc) is 2.51. The SMILES string of the molecule is CCCCCCCCCOc1ccccc1NC(=O)OC. The van der Waals surface area contributed by atoms with Crippen molar-refractivity contribution in [1.82, 2.24) is 0 Å². The van der Waals surface area contributed by atoms with Crippen molar-refractivity contribution in [3.63, 3.8) is 0 Å². The average molecular weight is 293 g/mol. The fourth-order valence-corrected chi connectivity index (χ4v) is 2.10. The monoisotopic (exact) mass is 293 g/mol. The molecule has 21 heavy (non-hydrogen) atoms. The molecule has 0 aliphatic rings. The topological polar surface area (TPSA) is 47.6 Å². The van der Waals surface area contributed by atoms with E-state index in [0.717, 1.165) is 6.42 Å². The Bertz CT molecular complexity index is 407. The molecule has 1 N–H and O–H groups in total. The molecular weight excluding hydrogens is 266 g/mol. The van der Waals surface area contributed by atoms with E-state index in [1.165, 1.54) is 45.6 Å². The van der Waals surface area contributed by atoms with Crippen molar-refractivity contribution in [1.29, 1.82) is 0 Å². The van der Waals surface area contributed by atoms with Crippen LogP contribution >= 0.6 is 0 Å². The molecule has 118 valence electrons. The number of unbranched alkanes of at least 4 members (excludes halogenated alkanes) is 6. The van der Waals surface area contributed by atoms with Crippen molar-refractivity contribution in [2.75, 3.05) is 19.0 Å². The quantitative estimate of drug-likeness (QED) is 0.618. The first-order valence-corrected chi connectivity index (χ1v) is 7.84. The summed E-state index contributed by atoms with van der Waals surface area (Å²) in [7, 11) is 1.34. The molecule has 4 nitrogen and oxygen atoms in total. The highest BCUT2D eigenvalue weighted by atomic mass is 16.5.